The topological polar surface area (TPSA) is 75.6 Å². The number of thiophene rings is 1. The number of amides is 1. The van der Waals surface area contributed by atoms with Crippen molar-refractivity contribution < 1.29 is 19.4 Å². The summed E-state index contributed by atoms with van der Waals surface area (Å²) < 4.78 is 7.10. The van der Waals surface area contributed by atoms with Crippen LogP contribution in [0.25, 0.3) is 10.1 Å². The number of aromatic carboxylic acids is 1. The third kappa shape index (κ3) is 4.65. The second-order valence-corrected chi connectivity index (χ2v) is 8.81. The molecule has 1 aliphatic carbocycles. The highest BCUT2D eigenvalue weighted by Crippen LogP contribution is 2.38. The summed E-state index contributed by atoms with van der Waals surface area (Å²) in [5.74, 6) is 0.120. The molecular weight excluding hydrogens is 398 g/mol. The molecule has 0 bridgehead atoms. The van der Waals surface area contributed by atoms with Gasteiger partial charge in [-0.15, -0.1) is 11.3 Å². The maximum absolute atomic E-state index is 13.0. The maximum atomic E-state index is 13.0. The van der Waals surface area contributed by atoms with Gasteiger partial charge in [0.05, 0.1) is 5.56 Å². The Labute approximate surface area is 179 Å². The van der Waals surface area contributed by atoms with Crippen LogP contribution in [-0.4, -0.2) is 23.5 Å². The zero-order valence-corrected chi connectivity index (χ0v) is 17.5. The molecule has 156 valence electrons. The number of ether oxygens (including phenoxy) is 1. The summed E-state index contributed by atoms with van der Waals surface area (Å²) in [4.78, 5) is 24.6. The van der Waals surface area contributed by atoms with Crippen molar-refractivity contribution in [1.29, 1.82) is 0 Å². The minimum absolute atomic E-state index is 0.0852. The van der Waals surface area contributed by atoms with Gasteiger partial charge in [0.25, 0.3) is 5.91 Å². The fourth-order valence-corrected chi connectivity index (χ4v) is 4.99. The first-order valence-electron chi connectivity index (χ1n) is 10.4. The molecule has 1 fully saturated rings. The van der Waals surface area contributed by atoms with Gasteiger partial charge < -0.3 is 15.2 Å². The van der Waals surface area contributed by atoms with Crippen LogP contribution in [0.5, 0.6) is 5.75 Å². The van der Waals surface area contributed by atoms with Crippen molar-refractivity contribution in [2.45, 2.75) is 38.7 Å². The smallest absolute Gasteiger partial charge is 0.335 e. The van der Waals surface area contributed by atoms with Gasteiger partial charge in [0.2, 0.25) is 0 Å². The van der Waals surface area contributed by atoms with Gasteiger partial charge in [-0.2, -0.15) is 0 Å². The second-order valence-electron chi connectivity index (χ2n) is 7.76. The maximum Gasteiger partial charge on any atom is 0.335 e. The molecule has 0 radical (unpaired) electrons. The zero-order chi connectivity index (χ0) is 20.9. The minimum atomic E-state index is -0.955. The number of hydrogen-bond acceptors (Lipinski definition) is 4. The number of carboxylic acid groups (broad SMARTS) is 1. The Balaban J connectivity index is 1.50. The second kappa shape index (κ2) is 9.30. The van der Waals surface area contributed by atoms with Crippen LogP contribution in [0.2, 0.25) is 0 Å². The predicted molar refractivity (Wildman–Crippen MR) is 118 cm³/mol. The van der Waals surface area contributed by atoms with Gasteiger partial charge in [0, 0.05) is 16.6 Å². The summed E-state index contributed by atoms with van der Waals surface area (Å²) in [7, 11) is 0. The largest absolute Gasteiger partial charge is 0.487 e. The number of benzene rings is 2. The van der Waals surface area contributed by atoms with Crippen molar-refractivity contribution in [3.63, 3.8) is 0 Å². The van der Waals surface area contributed by atoms with Crippen molar-refractivity contribution in [1.82, 2.24) is 5.32 Å². The summed E-state index contributed by atoms with van der Waals surface area (Å²) >= 11 is 1.45. The molecule has 6 heteroatoms. The van der Waals surface area contributed by atoms with Crippen molar-refractivity contribution in [3.8, 4) is 5.75 Å². The van der Waals surface area contributed by atoms with E-state index in [1.54, 1.807) is 24.3 Å². The first-order chi connectivity index (χ1) is 14.6. The van der Waals surface area contributed by atoms with Crippen LogP contribution in [0.15, 0.2) is 48.5 Å². The van der Waals surface area contributed by atoms with E-state index in [9.17, 15) is 9.59 Å². The lowest BCUT2D eigenvalue weighted by Crippen LogP contribution is -2.30. The van der Waals surface area contributed by atoms with Crippen LogP contribution in [0.3, 0.4) is 0 Å². The molecule has 0 spiro atoms. The first kappa shape index (κ1) is 20.4. The SMILES string of the molecule is O=C(O)c1ccc(COc2c(C(=O)NCC3CCCCC3)sc3ccccc23)cc1. The number of hydrogen-bond donors (Lipinski definition) is 2. The lowest BCUT2D eigenvalue weighted by molar-refractivity contribution is 0.0696. The monoisotopic (exact) mass is 423 g/mol. The summed E-state index contributed by atoms with van der Waals surface area (Å²) in [5, 5.41) is 13.1. The molecule has 1 heterocycles. The van der Waals surface area contributed by atoms with Crippen LogP contribution < -0.4 is 10.1 Å². The lowest BCUT2D eigenvalue weighted by Gasteiger charge is -2.21. The molecule has 0 aliphatic heterocycles. The summed E-state index contributed by atoms with van der Waals surface area (Å²) in [6.07, 6.45) is 6.16. The Hall–Kier alpha value is -2.86. The van der Waals surface area contributed by atoms with Gasteiger partial charge in [0.1, 0.15) is 11.5 Å². The average Bonchev–Trinajstić information content (AvgIpc) is 3.16. The fourth-order valence-electron chi connectivity index (χ4n) is 3.92. The molecule has 3 aromatic rings. The molecule has 0 saturated heterocycles. The first-order valence-corrected chi connectivity index (χ1v) is 11.2. The van der Waals surface area contributed by atoms with Crippen molar-refractivity contribution in [3.05, 3.63) is 64.5 Å². The van der Waals surface area contributed by atoms with E-state index in [1.807, 2.05) is 24.3 Å². The highest BCUT2D eigenvalue weighted by Gasteiger charge is 2.21. The lowest BCUT2D eigenvalue weighted by atomic mass is 9.89. The molecule has 1 aliphatic rings. The van der Waals surface area contributed by atoms with E-state index >= 15 is 0 Å². The van der Waals surface area contributed by atoms with E-state index in [4.69, 9.17) is 9.84 Å². The van der Waals surface area contributed by atoms with Crippen LogP contribution in [0, 0.1) is 5.92 Å². The highest BCUT2D eigenvalue weighted by atomic mass is 32.1. The Kier molecular flexibility index (Phi) is 6.33. The van der Waals surface area contributed by atoms with Crippen LogP contribution in [0.4, 0.5) is 0 Å². The van der Waals surface area contributed by atoms with E-state index < -0.39 is 5.97 Å². The molecule has 0 atom stereocenters. The molecule has 1 aromatic heterocycles. The van der Waals surface area contributed by atoms with E-state index in [2.05, 4.69) is 5.32 Å². The number of carbonyl (C=O) groups excluding carboxylic acids is 1. The van der Waals surface area contributed by atoms with Crippen LogP contribution in [0.1, 0.15) is 57.7 Å². The molecular formula is C24H25NO4S. The van der Waals surface area contributed by atoms with Crippen LogP contribution >= 0.6 is 11.3 Å². The Morgan fingerprint density at radius 2 is 1.77 bits per heavy atom. The molecule has 2 N–H and O–H groups in total. The summed E-state index contributed by atoms with van der Waals surface area (Å²) in [6.45, 7) is 0.979. The number of carboxylic acids is 1. The van der Waals surface area contributed by atoms with E-state index in [-0.39, 0.29) is 18.1 Å². The van der Waals surface area contributed by atoms with Crippen LogP contribution in [-0.2, 0) is 6.61 Å². The number of fused-ring (bicyclic) bond motifs is 1. The van der Waals surface area contributed by atoms with Gasteiger partial charge in [-0.3, -0.25) is 4.79 Å². The van der Waals surface area contributed by atoms with E-state index in [1.165, 1.54) is 43.4 Å². The average molecular weight is 424 g/mol. The number of carbonyl (C=O) groups is 2. The van der Waals surface area contributed by atoms with Crippen molar-refractivity contribution in [2.75, 3.05) is 6.54 Å². The molecule has 2 aromatic carbocycles. The third-order valence-corrected chi connectivity index (χ3v) is 6.77. The van der Waals surface area contributed by atoms with Gasteiger partial charge >= 0.3 is 5.97 Å². The molecule has 4 rings (SSSR count). The molecule has 5 nitrogen and oxygen atoms in total. The normalized spacial score (nSPS) is 14.5. The Morgan fingerprint density at radius 3 is 2.50 bits per heavy atom. The molecule has 30 heavy (non-hydrogen) atoms. The van der Waals surface area contributed by atoms with Gasteiger partial charge in [0.15, 0.2) is 5.75 Å². The van der Waals surface area contributed by atoms with E-state index in [0.29, 0.717) is 23.1 Å². The number of rotatable bonds is 7. The third-order valence-electron chi connectivity index (χ3n) is 5.62. The highest BCUT2D eigenvalue weighted by molar-refractivity contribution is 7.21. The van der Waals surface area contributed by atoms with Gasteiger partial charge in [-0.05, 0) is 48.6 Å². The van der Waals surface area contributed by atoms with Gasteiger partial charge in [-0.1, -0.05) is 43.5 Å². The summed E-state index contributed by atoms with van der Waals surface area (Å²) in [5.41, 5.74) is 1.09. The molecule has 0 unspecified atom stereocenters. The fraction of sp³-hybridized carbons (Fsp3) is 0.333. The zero-order valence-electron chi connectivity index (χ0n) is 16.7. The Bertz CT molecular complexity index is 1040. The van der Waals surface area contributed by atoms with E-state index in [0.717, 1.165) is 15.6 Å². The quantitative estimate of drug-likeness (QED) is 0.527. The predicted octanol–water partition coefficient (Wildman–Crippen LogP) is 5.49. The molecule has 1 saturated carbocycles. The van der Waals surface area contributed by atoms with Crippen molar-refractivity contribution in [2.24, 2.45) is 5.92 Å². The minimum Gasteiger partial charge on any atom is -0.487 e. The number of nitrogens with one attached hydrogen (secondary N) is 1. The Morgan fingerprint density at radius 1 is 1.03 bits per heavy atom. The van der Waals surface area contributed by atoms with Gasteiger partial charge in [-0.25, -0.2) is 4.79 Å². The summed E-state index contributed by atoms with van der Waals surface area (Å²) in [6, 6.07) is 14.4. The standard InChI is InChI=1S/C24H25NO4S/c26-23(25-14-16-6-2-1-3-7-16)22-21(19-8-4-5-9-20(19)30-22)29-15-17-10-12-18(13-11-17)24(27)28/h4-5,8-13,16H,1-3,6-7,14-15H2,(H,25,26)(H,27,28). The van der Waals surface area contributed by atoms with Crippen molar-refractivity contribution >= 4 is 33.3 Å². The molecule has 1 amide bonds.